The third-order valence-electron chi connectivity index (χ3n) is 6.35. The molecule has 1 aromatic heterocycles. The van der Waals surface area contributed by atoms with E-state index in [2.05, 4.69) is 18.4 Å². The van der Waals surface area contributed by atoms with Crippen molar-refractivity contribution in [2.75, 3.05) is 19.6 Å². The maximum Gasteiger partial charge on any atom is 0.242 e. The van der Waals surface area contributed by atoms with E-state index in [1.165, 1.54) is 17.0 Å². The molecule has 2 aliphatic rings. The molecule has 2 heterocycles. The van der Waals surface area contributed by atoms with E-state index in [0.717, 1.165) is 49.7 Å². The fourth-order valence-corrected chi connectivity index (χ4v) is 5.28. The second-order valence-corrected chi connectivity index (χ2v) is 9.33. The third kappa shape index (κ3) is 4.29. The third-order valence-corrected chi connectivity index (χ3v) is 7.34. The van der Waals surface area contributed by atoms with Gasteiger partial charge in [-0.1, -0.05) is 31.9 Å². The molecule has 0 radical (unpaired) electrons. The Bertz CT molecular complexity index is 891. The molecule has 1 atom stereocenters. The Morgan fingerprint density at radius 2 is 1.97 bits per heavy atom. The van der Waals surface area contributed by atoms with Crippen molar-refractivity contribution in [3.8, 4) is 0 Å². The van der Waals surface area contributed by atoms with Crippen LogP contribution in [0.2, 0.25) is 0 Å². The van der Waals surface area contributed by atoms with Crippen LogP contribution in [0.15, 0.2) is 35.7 Å². The van der Waals surface area contributed by atoms with Gasteiger partial charge in [0, 0.05) is 23.9 Å². The summed E-state index contributed by atoms with van der Waals surface area (Å²) in [5.41, 5.74) is 2.03. The van der Waals surface area contributed by atoms with E-state index in [-0.39, 0.29) is 36.1 Å². The molecule has 2 amide bonds. The quantitative estimate of drug-likeness (QED) is 0.636. The molecule has 1 saturated carbocycles. The Labute approximate surface area is 181 Å². The average Bonchev–Trinajstić information content (AvgIpc) is 3.18. The number of nitrogens with zero attached hydrogens (tertiary/aromatic N) is 2. The van der Waals surface area contributed by atoms with Crippen molar-refractivity contribution in [2.45, 2.75) is 51.5 Å². The first-order valence-corrected chi connectivity index (χ1v) is 11.9. The standard InChI is InChI=1S/C24H29FN2O2S/c1-2-3-13-26(24(29)18-5-4-6-18)16-22(28)27-14-11-21-20(12-15-30-21)23(27)17-7-9-19(25)10-8-17/h7-10,12,15,18,23H,2-6,11,13-14,16H2,1H3. The number of thiophene rings is 1. The fourth-order valence-electron chi connectivity index (χ4n) is 4.37. The van der Waals surface area contributed by atoms with Crippen molar-refractivity contribution in [1.82, 2.24) is 9.80 Å². The molecule has 4 nitrogen and oxygen atoms in total. The summed E-state index contributed by atoms with van der Waals surface area (Å²) in [6.45, 7) is 3.48. The first-order valence-electron chi connectivity index (χ1n) is 11.0. The summed E-state index contributed by atoms with van der Waals surface area (Å²) < 4.78 is 13.5. The molecule has 2 aromatic rings. The maximum atomic E-state index is 13.5. The fraction of sp³-hybridized carbons (Fsp3) is 0.500. The molecular weight excluding hydrogens is 399 g/mol. The minimum Gasteiger partial charge on any atom is -0.333 e. The van der Waals surface area contributed by atoms with Crippen LogP contribution in [-0.2, 0) is 16.0 Å². The maximum absolute atomic E-state index is 13.5. The Morgan fingerprint density at radius 3 is 2.63 bits per heavy atom. The van der Waals surface area contributed by atoms with Gasteiger partial charge in [0.05, 0.1) is 12.6 Å². The van der Waals surface area contributed by atoms with Crippen molar-refractivity contribution in [2.24, 2.45) is 5.92 Å². The summed E-state index contributed by atoms with van der Waals surface area (Å²) in [6.07, 6.45) is 5.70. The normalized spacial score (nSPS) is 18.6. The highest BCUT2D eigenvalue weighted by Gasteiger charge is 2.35. The topological polar surface area (TPSA) is 40.6 Å². The first kappa shape index (κ1) is 21.0. The van der Waals surface area contributed by atoms with Crippen molar-refractivity contribution >= 4 is 23.2 Å². The van der Waals surface area contributed by atoms with E-state index in [1.54, 1.807) is 28.4 Å². The molecule has 1 aliphatic heterocycles. The molecule has 30 heavy (non-hydrogen) atoms. The van der Waals surface area contributed by atoms with Gasteiger partial charge in [-0.05, 0) is 60.4 Å². The molecule has 1 aromatic carbocycles. The van der Waals surface area contributed by atoms with Crippen LogP contribution in [-0.4, -0.2) is 41.2 Å². The first-order chi connectivity index (χ1) is 14.6. The monoisotopic (exact) mass is 428 g/mol. The SMILES string of the molecule is CCCCN(CC(=O)N1CCc2sccc2C1c1ccc(F)cc1)C(=O)C1CCC1. The van der Waals surface area contributed by atoms with Gasteiger partial charge in [-0.15, -0.1) is 11.3 Å². The number of fused-ring (bicyclic) bond motifs is 1. The number of hydrogen-bond acceptors (Lipinski definition) is 3. The number of rotatable bonds is 7. The molecule has 1 aliphatic carbocycles. The highest BCUT2D eigenvalue weighted by molar-refractivity contribution is 7.10. The van der Waals surface area contributed by atoms with Gasteiger partial charge in [-0.2, -0.15) is 0 Å². The molecule has 4 rings (SSSR count). The highest BCUT2D eigenvalue weighted by Crippen LogP contribution is 2.38. The number of unbranched alkanes of at least 4 members (excludes halogenated alkanes) is 1. The van der Waals surface area contributed by atoms with Crippen LogP contribution in [0.4, 0.5) is 4.39 Å². The summed E-state index contributed by atoms with van der Waals surface area (Å²) >= 11 is 1.71. The predicted molar refractivity (Wildman–Crippen MR) is 117 cm³/mol. The predicted octanol–water partition coefficient (Wildman–Crippen LogP) is 4.79. The van der Waals surface area contributed by atoms with Crippen molar-refractivity contribution in [1.29, 1.82) is 0 Å². The Balaban J connectivity index is 1.57. The molecular formula is C24H29FN2O2S. The van der Waals surface area contributed by atoms with Gasteiger partial charge in [0.15, 0.2) is 0 Å². The number of hydrogen-bond donors (Lipinski definition) is 0. The molecule has 0 bridgehead atoms. The van der Waals surface area contributed by atoms with Crippen LogP contribution < -0.4 is 0 Å². The minimum absolute atomic E-state index is 0.0232. The summed E-state index contributed by atoms with van der Waals surface area (Å²) in [5, 5.41) is 2.06. The van der Waals surface area contributed by atoms with Crippen LogP contribution >= 0.6 is 11.3 Å². The van der Waals surface area contributed by atoms with Crippen molar-refractivity contribution in [3.63, 3.8) is 0 Å². The van der Waals surface area contributed by atoms with E-state index in [1.807, 2.05) is 4.90 Å². The average molecular weight is 429 g/mol. The van der Waals surface area contributed by atoms with Gasteiger partial charge in [-0.3, -0.25) is 9.59 Å². The molecule has 0 N–H and O–H groups in total. The van der Waals surface area contributed by atoms with Gasteiger partial charge >= 0.3 is 0 Å². The second kappa shape index (κ2) is 9.29. The van der Waals surface area contributed by atoms with Crippen LogP contribution in [0.5, 0.6) is 0 Å². The Hall–Kier alpha value is -2.21. The zero-order chi connectivity index (χ0) is 21.1. The lowest BCUT2D eigenvalue weighted by Crippen LogP contribution is -2.48. The number of carbonyl (C=O) groups excluding carboxylic acids is 2. The van der Waals surface area contributed by atoms with Crippen LogP contribution in [0.3, 0.4) is 0 Å². The Morgan fingerprint density at radius 1 is 1.20 bits per heavy atom. The molecule has 0 spiro atoms. The lowest BCUT2D eigenvalue weighted by molar-refractivity contribution is -0.145. The molecule has 6 heteroatoms. The van der Waals surface area contributed by atoms with Gasteiger partial charge in [0.2, 0.25) is 11.8 Å². The van der Waals surface area contributed by atoms with Crippen molar-refractivity contribution < 1.29 is 14.0 Å². The largest absolute Gasteiger partial charge is 0.333 e. The lowest BCUT2D eigenvalue weighted by atomic mass is 9.84. The van der Waals surface area contributed by atoms with Crippen LogP contribution in [0.25, 0.3) is 0 Å². The van der Waals surface area contributed by atoms with E-state index >= 15 is 0 Å². The molecule has 1 unspecified atom stereocenters. The summed E-state index contributed by atoms with van der Waals surface area (Å²) in [5.74, 6) is -0.0817. The molecule has 1 fully saturated rings. The number of amides is 2. The number of halogens is 1. The zero-order valence-electron chi connectivity index (χ0n) is 17.5. The summed E-state index contributed by atoms with van der Waals surface area (Å²) in [4.78, 5) is 31.3. The lowest BCUT2D eigenvalue weighted by Gasteiger charge is -2.38. The van der Waals surface area contributed by atoms with Gasteiger partial charge in [-0.25, -0.2) is 4.39 Å². The highest BCUT2D eigenvalue weighted by atomic mass is 32.1. The minimum atomic E-state index is -0.283. The molecule has 160 valence electrons. The zero-order valence-corrected chi connectivity index (χ0v) is 18.3. The van der Waals surface area contributed by atoms with Crippen LogP contribution in [0.1, 0.15) is 61.1 Å². The number of benzene rings is 1. The van der Waals surface area contributed by atoms with E-state index in [4.69, 9.17) is 0 Å². The van der Waals surface area contributed by atoms with Crippen LogP contribution in [0, 0.1) is 11.7 Å². The van der Waals surface area contributed by atoms with Gasteiger partial charge in [0.25, 0.3) is 0 Å². The Kier molecular flexibility index (Phi) is 6.52. The second-order valence-electron chi connectivity index (χ2n) is 8.33. The van der Waals surface area contributed by atoms with E-state index in [9.17, 15) is 14.0 Å². The van der Waals surface area contributed by atoms with Crippen molar-refractivity contribution in [3.05, 3.63) is 57.5 Å². The summed E-state index contributed by atoms with van der Waals surface area (Å²) in [6, 6.07) is 8.28. The van der Waals surface area contributed by atoms with E-state index < -0.39 is 0 Å². The summed E-state index contributed by atoms with van der Waals surface area (Å²) in [7, 11) is 0. The smallest absolute Gasteiger partial charge is 0.242 e. The van der Waals surface area contributed by atoms with Gasteiger partial charge in [0.1, 0.15) is 5.82 Å². The van der Waals surface area contributed by atoms with Gasteiger partial charge < -0.3 is 9.80 Å². The molecule has 0 saturated heterocycles. The number of carbonyl (C=O) groups is 2. The van der Waals surface area contributed by atoms with E-state index in [0.29, 0.717) is 13.1 Å².